The lowest BCUT2D eigenvalue weighted by Gasteiger charge is -2.17. The molecule has 0 unspecified atom stereocenters. The zero-order valence-corrected chi connectivity index (χ0v) is 11.9. The van der Waals surface area contributed by atoms with Gasteiger partial charge in [0, 0.05) is 6.54 Å². The van der Waals surface area contributed by atoms with E-state index in [2.05, 4.69) is 29.4 Å². The summed E-state index contributed by atoms with van der Waals surface area (Å²) < 4.78 is 0. The number of para-hydroxylation sites is 1. The third-order valence-electron chi connectivity index (χ3n) is 3.05. The van der Waals surface area contributed by atoms with Crippen LogP contribution in [0.15, 0.2) is 71.0 Å². The van der Waals surface area contributed by atoms with E-state index in [1.165, 1.54) is 12.8 Å². The molecule has 0 bridgehead atoms. The van der Waals surface area contributed by atoms with Crippen LogP contribution in [0.4, 0.5) is 11.4 Å². The average molecular weight is 267 g/mol. The summed E-state index contributed by atoms with van der Waals surface area (Å²) in [6.07, 6.45) is 3.54. The molecule has 0 spiro atoms. The number of anilines is 1. The molecule has 0 aliphatic rings. The molecule has 3 heteroatoms. The van der Waals surface area contributed by atoms with Crippen LogP contribution >= 0.6 is 0 Å². The first-order chi connectivity index (χ1) is 9.90. The Morgan fingerprint density at radius 2 is 1.50 bits per heavy atom. The Morgan fingerprint density at radius 3 is 2.15 bits per heavy atom. The molecule has 0 radical (unpaired) electrons. The van der Waals surface area contributed by atoms with Gasteiger partial charge in [0.05, 0.1) is 11.4 Å². The van der Waals surface area contributed by atoms with E-state index < -0.39 is 0 Å². The summed E-state index contributed by atoms with van der Waals surface area (Å²) in [5.41, 5.74) is 1.97. The van der Waals surface area contributed by atoms with E-state index in [9.17, 15) is 0 Å². The first-order valence-corrected chi connectivity index (χ1v) is 7.19. The minimum atomic E-state index is 0.879. The van der Waals surface area contributed by atoms with Crippen molar-refractivity contribution in [1.29, 1.82) is 0 Å². The van der Waals surface area contributed by atoms with Crippen molar-refractivity contribution in [2.24, 2.45) is 10.3 Å². The number of rotatable bonds is 7. The maximum atomic E-state index is 4.39. The maximum Gasteiger partial charge on any atom is 0.0874 e. The summed E-state index contributed by atoms with van der Waals surface area (Å²) in [6.45, 7) is 3.10. The smallest absolute Gasteiger partial charge is 0.0874 e. The molecular formula is C17H21N3. The molecule has 0 saturated heterocycles. The van der Waals surface area contributed by atoms with Gasteiger partial charge in [0.1, 0.15) is 0 Å². The Hall–Kier alpha value is -2.16. The monoisotopic (exact) mass is 267 g/mol. The Labute approximate surface area is 120 Å². The van der Waals surface area contributed by atoms with Gasteiger partial charge in [0.15, 0.2) is 0 Å². The fourth-order valence-electron chi connectivity index (χ4n) is 1.94. The molecule has 0 amide bonds. The normalized spacial score (nSPS) is 10.8. The number of unbranched alkanes of at least 4 members (excludes halogenated alkanes) is 2. The second-order valence-electron chi connectivity index (χ2n) is 4.69. The zero-order chi connectivity index (χ0) is 14.0. The SMILES string of the molecule is CCCCCN(N=Nc1ccccc1)c1ccccc1. The van der Waals surface area contributed by atoms with Gasteiger partial charge >= 0.3 is 0 Å². The van der Waals surface area contributed by atoms with Gasteiger partial charge in [-0.25, -0.2) is 5.01 Å². The minimum absolute atomic E-state index is 0.879. The molecule has 2 aromatic rings. The summed E-state index contributed by atoms with van der Waals surface area (Å²) in [6, 6.07) is 20.0. The average Bonchev–Trinajstić information content (AvgIpc) is 2.52. The van der Waals surface area contributed by atoms with Gasteiger partial charge < -0.3 is 0 Å². The lowest BCUT2D eigenvalue weighted by atomic mass is 10.2. The highest BCUT2D eigenvalue weighted by Gasteiger charge is 2.04. The molecule has 0 aliphatic heterocycles. The molecule has 20 heavy (non-hydrogen) atoms. The van der Waals surface area contributed by atoms with Crippen molar-refractivity contribution in [1.82, 2.24) is 0 Å². The van der Waals surface area contributed by atoms with Gasteiger partial charge in [-0.3, -0.25) is 0 Å². The standard InChI is InChI=1S/C17H21N3/c1-2-3-10-15-20(17-13-8-5-9-14-17)19-18-16-11-6-4-7-12-16/h4-9,11-14H,2-3,10,15H2,1H3. The van der Waals surface area contributed by atoms with E-state index in [-0.39, 0.29) is 0 Å². The highest BCUT2D eigenvalue weighted by atomic mass is 15.5. The maximum absolute atomic E-state index is 4.39. The van der Waals surface area contributed by atoms with Crippen LogP contribution in [0.2, 0.25) is 0 Å². The van der Waals surface area contributed by atoms with Gasteiger partial charge in [0.2, 0.25) is 0 Å². The van der Waals surface area contributed by atoms with Gasteiger partial charge in [-0.15, -0.1) is 5.11 Å². The van der Waals surface area contributed by atoms with Crippen LogP contribution in [0.25, 0.3) is 0 Å². The first-order valence-electron chi connectivity index (χ1n) is 7.19. The van der Waals surface area contributed by atoms with Gasteiger partial charge in [-0.05, 0) is 30.7 Å². The Balaban J connectivity index is 2.08. The molecule has 0 N–H and O–H groups in total. The lowest BCUT2D eigenvalue weighted by molar-refractivity contribution is 0.676. The van der Waals surface area contributed by atoms with Crippen LogP contribution in [-0.2, 0) is 0 Å². The number of benzene rings is 2. The number of hydrogen-bond donors (Lipinski definition) is 0. The van der Waals surface area contributed by atoms with Crippen molar-refractivity contribution >= 4 is 11.4 Å². The van der Waals surface area contributed by atoms with Gasteiger partial charge in [-0.1, -0.05) is 61.4 Å². The quantitative estimate of drug-likeness (QED) is 0.376. The largest absolute Gasteiger partial charge is 0.247 e. The van der Waals surface area contributed by atoms with E-state index in [1.807, 2.05) is 53.5 Å². The van der Waals surface area contributed by atoms with E-state index in [4.69, 9.17) is 0 Å². The Bertz CT molecular complexity index is 508. The Kier molecular flexibility index (Phi) is 5.77. The van der Waals surface area contributed by atoms with Crippen LogP contribution < -0.4 is 5.01 Å². The molecule has 0 atom stereocenters. The van der Waals surface area contributed by atoms with Crippen molar-refractivity contribution in [3.63, 3.8) is 0 Å². The number of hydrogen-bond acceptors (Lipinski definition) is 2. The van der Waals surface area contributed by atoms with E-state index in [0.717, 1.165) is 24.3 Å². The fraction of sp³-hybridized carbons (Fsp3) is 0.294. The highest BCUT2D eigenvalue weighted by molar-refractivity contribution is 5.45. The van der Waals surface area contributed by atoms with Crippen LogP contribution in [0, 0.1) is 0 Å². The molecule has 2 rings (SSSR count). The number of nitrogens with zero attached hydrogens (tertiary/aromatic N) is 3. The van der Waals surface area contributed by atoms with Crippen molar-refractivity contribution in [3.05, 3.63) is 60.7 Å². The summed E-state index contributed by atoms with van der Waals surface area (Å²) in [5, 5.41) is 10.7. The van der Waals surface area contributed by atoms with Crippen LogP contribution in [0.1, 0.15) is 26.2 Å². The molecule has 3 nitrogen and oxygen atoms in total. The molecule has 0 saturated carbocycles. The zero-order valence-electron chi connectivity index (χ0n) is 11.9. The van der Waals surface area contributed by atoms with Crippen LogP contribution in [0.3, 0.4) is 0 Å². The molecular weight excluding hydrogens is 246 g/mol. The third kappa shape index (κ3) is 4.50. The van der Waals surface area contributed by atoms with E-state index in [0.29, 0.717) is 0 Å². The molecule has 0 heterocycles. The molecule has 0 aromatic heterocycles. The topological polar surface area (TPSA) is 28.0 Å². The predicted octanol–water partition coefficient (Wildman–Crippen LogP) is 5.38. The van der Waals surface area contributed by atoms with Crippen LogP contribution in [-0.4, -0.2) is 6.54 Å². The summed E-state index contributed by atoms with van der Waals surface area (Å²) in [5.74, 6) is 0. The fourth-order valence-corrected chi connectivity index (χ4v) is 1.94. The van der Waals surface area contributed by atoms with Crippen molar-refractivity contribution in [2.45, 2.75) is 26.2 Å². The van der Waals surface area contributed by atoms with Crippen LogP contribution in [0.5, 0.6) is 0 Å². The van der Waals surface area contributed by atoms with Crippen molar-refractivity contribution < 1.29 is 0 Å². The van der Waals surface area contributed by atoms with E-state index >= 15 is 0 Å². The molecule has 0 fully saturated rings. The molecule has 0 aliphatic carbocycles. The van der Waals surface area contributed by atoms with E-state index in [1.54, 1.807) is 0 Å². The minimum Gasteiger partial charge on any atom is -0.247 e. The Morgan fingerprint density at radius 1 is 0.850 bits per heavy atom. The lowest BCUT2D eigenvalue weighted by Crippen LogP contribution is -2.16. The summed E-state index contributed by atoms with van der Waals surface area (Å²) in [4.78, 5) is 0. The third-order valence-corrected chi connectivity index (χ3v) is 3.05. The second kappa shape index (κ2) is 8.10. The van der Waals surface area contributed by atoms with Gasteiger partial charge in [0.25, 0.3) is 0 Å². The molecule has 104 valence electrons. The summed E-state index contributed by atoms with van der Waals surface area (Å²) in [7, 11) is 0. The predicted molar refractivity (Wildman–Crippen MR) is 84.3 cm³/mol. The highest BCUT2D eigenvalue weighted by Crippen LogP contribution is 2.18. The molecule has 2 aromatic carbocycles. The van der Waals surface area contributed by atoms with Crippen molar-refractivity contribution in [2.75, 3.05) is 11.6 Å². The first kappa shape index (κ1) is 14.3. The van der Waals surface area contributed by atoms with Gasteiger partial charge in [-0.2, -0.15) is 0 Å². The van der Waals surface area contributed by atoms with Crippen molar-refractivity contribution in [3.8, 4) is 0 Å². The second-order valence-corrected chi connectivity index (χ2v) is 4.69. The summed E-state index contributed by atoms with van der Waals surface area (Å²) >= 11 is 0.